The van der Waals surface area contributed by atoms with Crippen molar-refractivity contribution >= 4 is 11.6 Å². The molecule has 1 N–H and O–H groups in total. The first-order valence-corrected chi connectivity index (χ1v) is 6.76. The Balaban J connectivity index is 1.98. The molecule has 4 heteroatoms. The first-order valence-electron chi connectivity index (χ1n) is 6.76. The lowest BCUT2D eigenvalue weighted by atomic mass is 9.82. The van der Waals surface area contributed by atoms with E-state index in [0.29, 0.717) is 5.92 Å². The maximum absolute atomic E-state index is 12.9. The minimum absolute atomic E-state index is 0.0258. The Morgan fingerprint density at radius 2 is 1.84 bits per heavy atom. The van der Waals surface area contributed by atoms with E-state index in [9.17, 15) is 9.18 Å². The zero-order chi connectivity index (χ0) is 13.8. The highest BCUT2D eigenvalue weighted by Gasteiger charge is 2.28. The molecule has 1 saturated carbocycles. The third-order valence-electron chi connectivity index (χ3n) is 4.00. The summed E-state index contributed by atoms with van der Waals surface area (Å²) in [5.41, 5.74) is 0.718. The van der Waals surface area contributed by atoms with Crippen LogP contribution in [-0.4, -0.2) is 24.7 Å². The summed E-state index contributed by atoms with van der Waals surface area (Å²) in [6.45, 7) is 0.217. The van der Waals surface area contributed by atoms with E-state index in [4.69, 9.17) is 5.11 Å². The Bertz CT molecular complexity index is 424. The van der Waals surface area contributed by atoms with Crippen LogP contribution >= 0.6 is 0 Å². The van der Waals surface area contributed by atoms with E-state index in [-0.39, 0.29) is 24.2 Å². The number of carbonyl (C=O) groups is 1. The summed E-state index contributed by atoms with van der Waals surface area (Å²) < 4.78 is 12.9. The number of benzene rings is 1. The van der Waals surface area contributed by atoms with Gasteiger partial charge in [-0.3, -0.25) is 4.79 Å². The van der Waals surface area contributed by atoms with Crippen molar-refractivity contribution in [1.29, 1.82) is 0 Å². The van der Waals surface area contributed by atoms with Crippen molar-refractivity contribution in [3.8, 4) is 0 Å². The van der Waals surface area contributed by atoms with Gasteiger partial charge in [0.05, 0.1) is 0 Å². The van der Waals surface area contributed by atoms with Crippen molar-refractivity contribution < 1.29 is 14.3 Å². The first kappa shape index (κ1) is 14.0. The van der Waals surface area contributed by atoms with E-state index >= 15 is 0 Å². The second-order valence-electron chi connectivity index (χ2n) is 5.27. The number of aliphatic hydroxyl groups is 1. The molecule has 2 rings (SSSR count). The summed E-state index contributed by atoms with van der Waals surface area (Å²) in [5, 5.41) is 9.10. The van der Waals surface area contributed by atoms with Crippen molar-refractivity contribution in [1.82, 2.24) is 0 Å². The number of anilines is 1. The summed E-state index contributed by atoms with van der Waals surface area (Å²) in [6, 6.07) is 5.96. The molecule has 1 aromatic carbocycles. The average Bonchev–Trinajstić information content (AvgIpc) is 2.46. The highest BCUT2D eigenvalue weighted by molar-refractivity contribution is 5.94. The third-order valence-corrected chi connectivity index (χ3v) is 4.00. The highest BCUT2D eigenvalue weighted by Crippen LogP contribution is 2.30. The Labute approximate surface area is 113 Å². The average molecular weight is 265 g/mol. The molecule has 0 aromatic heterocycles. The summed E-state index contributed by atoms with van der Waals surface area (Å²) in [4.78, 5) is 13.9. The van der Waals surface area contributed by atoms with Crippen LogP contribution in [0.2, 0.25) is 0 Å². The molecule has 1 fully saturated rings. The fourth-order valence-corrected chi connectivity index (χ4v) is 2.66. The lowest BCUT2D eigenvalue weighted by Gasteiger charge is -2.29. The summed E-state index contributed by atoms with van der Waals surface area (Å²) in [6.07, 6.45) is 3.47. The van der Waals surface area contributed by atoms with E-state index < -0.39 is 0 Å². The molecule has 0 atom stereocenters. The molecule has 0 unspecified atom stereocenters. The Morgan fingerprint density at radius 1 is 1.26 bits per heavy atom. The van der Waals surface area contributed by atoms with Crippen LogP contribution in [-0.2, 0) is 4.79 Å². The van der Waals surface area contributed by atoms with Gasteiger partial charge in [0.1, 0.15) is 5.82 Å². The van der Waals surface area contributed by atoms with Crippen molar-refractivity contribution in [3.63, 3.8) is 0 Å². The fourth-order valence-electron chi connectivity index (χ4n) is 2.66. The summed E-state index contributed by atoms with van der Waals surface area (Å²) in [7, 11) is 1.73. The number of aliphatic hydroxyl groups excluding tert-OH is 1. The third kappa shape index (κ3) is 3.32. The Morgan fingerprint density at radius 3 is 2.37 bits per heavy atom. The molecular weight excluding hydrogens is 245 g/mol. The van der Waals surface area contributed by atoms with E-state index in [2.05, 4.69) is 0 Å². The van der Waals surface area contributed by atoms with Crippen molar-refractivity contribution in [2.24, 2.45) is 11.8 Å². The van der Waals surface area contributed by atoms with Gasteiger partial charge in [-0.25, -0.2) is 4.39 Å². The predicted octanol–water partition coefficient (Wildman–Crippen LogP) is 2.59. The Hall–Kier alpha value is -1.42. The van der Waals surface area contributed by atoms with Crippen LogP contribution < -0.4 is 4.90 Å². The lowest BCUT2D eigenvalue weighted by molar-refractivity contribution is -0.123. The number of hydrogen-bond donors (Lipinski definition) is 1. The topological polar surface area (TPSA) is 40.5 Å². The van der Waals surface area contributed by atoms with Crippen molar-refractivity contribution in [3.05, 3.63) is 30.1 Å². The number of carbonyl (C=O) groups excluding carboxylic acids is 1. The number of rotatable bonds is 3. The van der Waals surface area contributed by atoms with E-state index in [1.807, 2.05) is 0 Å². The van der Waals surface area contributed by atoms with Gasteiger partial charge in [-0.1, -0.05) is 0 Å². The van der Waals surface area contributed by atoms with Crippen LogP contribution in [0.25, 0.3) is 0 Å². The minimum atomic E-state index is -0.298. The van der Waals surface area contributed by atoms with E-state index in [1.165, 1.54) is 12.1 Å². The second-order valence-corrected chi connectivity index (χ2v) is 5.27. The molecule has 19 heavy (non-hydrogen) atoms. The van der Waals surface area contributed by atoms with Gasteiger partial charge in [-0.15, -0.1) is 0 Å². The van der Waals surface area contributed by atoms with Gasteiger partial charge in [0.25, 0.3) is 0 Å². The molecular formula is C15H20FNO2. The number of hydrogen-bond acceptors (Lipinski definition) is 2. The molecule has 0 bridgehead atoms. The zero-order valence-electron chi connectivity index (χ0n) is 11.2. The van der Waals surface area contributed by atoms with Crippen LogP contribution in [0.15, 0.2) is 24.3 Å². The molecule has 1 amide bonds. The van der Waals surface area contributed by atoms with Crippen LogP contribution in [0, 0.1) is 17.7 Å². The SMILES string of the molecule is CN(C(=O)C1CCC(CO)CC1)c1ccc(F)cc1. The van der Waals surface area contributed by atoms with Gasteiger partial charge in [-0.2, -0.15) is 0 Å². The molecule has 1 aromatic rings. The van der Waals surface area contributed by atoms with Gasteiger partial charge in [0.15, 0.2) is 0 Å². The standard InChI is InChI=1S/C15H20FNO2/c1-17(14-8-6-13(16)7-9-14)15(19)12-4-2-11(10-18)3-5-12/h6-9,11-12,18H,2-5,10H2,1H3. The fraction of sp³-hybridized carbons (Fsp3) is 0.533. The van der Waals surface area contributed by atoms with Crippen molar-refractivity contribution in [2.45, 2.75) is 25.7 Å². The van der Waals surface area contributed by atoms with Gasteiger partial charge >= 0.3 is 0 Å². The van der Waals surface area contributed by atoms with Crippen LogP contribution in [0.3, 0.4) is 0 Å². The lowest BCUT2D eigenvalue weighted by Crippen LogP contribution is -2.35. The molecule has 0 radical (unpaired) electrons. The Kier molecular flexibility index (Phi) is 4.53. The summed E-state index contributed by atoms with van der Waals surface area (Å²) in [5.74, 6) is 0.161. The minimum Gasteiger partial charge on any atom is -0.396 e. The molecule has 104 valence electrons. The van der Waals surface area contributed by atoms with Crippen LogP contribution in [0.4, 0.5) is 10.1 Å². The molecule has 0 aliphatic heterocycles. The molecule has 0 spiro atoms. The largest absolute Gasteiger partial charge is 0.396 e. The maximum atomic E-state index is 12.9. The zero-order valence-corrected chi connectivity index (χ0v) is 11.2. The first-order chi connectivity index (χ1) is 9.11. The van der Waals surface area contributed by atoms with Crippen molar-refractivity contribution in [2.75, 3.05) is 18.6 Å². The monoisotopic (exact) mass is 265 g/mol. The van der Waals surface area contributed by atoms with Gasteiger partial charge in [0, 0.05) is 25.3 Å². The predicted molar refractivity (Wildman–Crippen MR) is 72.3 cm³/mol. The number of halogens is 1. The van der Waals surface area contributed by atoms with Gasteiger partial charge < -0.3 is 10.0 Å². The molecule has 3 nitrogen and oxygen atoms in total. The molecule has 1 aliphatic rings. The molecule has 1 aliphatic carbocycles. The van der Waals surface area contributed by atoms with Gasteiger partial charge in [-0.05, 0) is 55.9 Å². The van der Waals surface area contributed by atoms with Crippen LogP contribution in [0.1, 0.15) is 25.7 Å². The van der Waals surface area contributed by atoms with E-state index in [1.54, 1.807) is 24.1 Å². The normalized spacial score (nSPS) is 23.1. The van der Waals surface area contributed by atoms with Crippen LogP contribution in [0.5, 0.6) is 0 Å². The quantitative estimate of drug-likeness (QED) is 0.912. The number of amides is 1. The van der Waals surface area contributed by atoms with E-state index in [0.717, 1.165) is 31.4 Å². The number of nitrogens with zero attached hydrogens (tertiary/aromatic N) is 1. The molecule has 0 saturated heterocycles. The van der Waals surface area contributed by atoms with Gasteiger partial charge in [0.2, 0.25) is 5.91 Å². The summed E-state index contributed by atoms with van der Waals surface area (Å²) >= 11 is 0. The smallest absolute Gasteiger partial charge is 0.229 e. The highest BCUT2D eigenvalue weighted by atomic mass is 19.1. The maximum Gasteiger partial charge on any atom is 0.229 e. The molecule has 0 heterocycles. The second kappa shape index (κ2) is 6.15.